The Kier molecular flexibility index (Phi) is 4.49. The minimum absolute atomic E-state index is 0.613. The van der Waals surface area contributed by atoms with E-state index in [0.29, 0.717) is 5.11 Å². The number of imidazole rings is 1. The van der Waals surface area contributed by atoms with Crippen molar-refractivity contribution in [2.75, 3.05) is 13.1 Å². The average Bonchev–Trinajstić information content (AvgIpc) is 2.77. The Balaban J connectivity index is 1.78. The Morgan fingerprint density at radius 3 is 3.00 bits per heavy atom. The summed E-state index contributed by atoms with van der Waals surface area (Å²) in [5.41, 5.74) is 8.04. The van der Waals surface area contributed by atoms with Gasteiger partial charge in [0.15, 0.2) is 5.11 Å². The summed E-state index contributed by atoms with van der Waals surface area (Å²) < 4.78 is 0. The maximum Gasteiger partial charge on any atom is 0.180 e. The van der Waals surface area contributed by atoms with Crippen LogP contribution in [0.3, 0.4) is 0 Å². The Labute approximate surface area is 111 Å². The average molecular weight is 263 g/mol. The van der Waals surface area contributed by atoms with E-state index in [1.165, 1.54) is 0 Å². The fourth-order valence-electron chi connectivity index (χ4n) is 1.65. The summed E-state index contributed by atoms with van der Waals surface area (Å²) in [7, 11) is 0. The summed E-state index contributed by atoms with van der Waals surface area (Å²) in [5, 5.41) is 3.61. The van der Waals surface area contributed by atoms with Gasteiger partial charge >= 0.3 is 0 Å². The molecule has 0 fully saturated rings. The molecule has 1 heterocycles. The van der Waals surface area contributed by atoms with Crippen molar-refractivity contribution in [3.8, 4) is 0 Å². The highest BCUT2D eigenvalue weighted by Crippen LogP contribution is 2.09. The maximum atomic E-state index is 5.03. The van der Waals surface area contributed by atoms with Crippen molar-refractivity contribution in [1.82, 2.24) is 26.1 Å². The van der Waals surface area contributed by atoms with Crippen LogP contribution >= 0.6 is 12.2 Å². The van der Waals surface area contributed by atoms with Gasteiger partial charge < -0.3 is 10.3 Å². The van der Waals surface area contributed by atoms with Crippen LogP contribution in [0.4, 0.5) is 0 Å². The molecule has 2 rings (SSSR count). The largest absolute Gasteiger partial charge is 0.362 e. The zero-order valence-corrected chi connectivity index (χ0v) is 11.1. The lowest BCUT2D eigenvalue weighted by Gasteiger charge is -2.09. The number of nitrogens with one attached hydrogen (secondary N) is 4. The number of hydrogen-bond acceptors (Lipinski definition) is 3. The molecule has 0 atom stereocenters. The first-order valence-corrected chi connectivity index (χ1v) is 6.40. The lowest BCUT2D eigenvalue weighted by molar-refractivity contribution is 0.633. The van der Waals surface area contributed by atoms with Gasteiger partial charge in [0.2, 0.25) is 0 Å². The molecule has 5 nitrogen and oxygen atoms in total. The highest BCUT2D eigenvalue weighted by Gasteiger charge is 2.01. The normalized spacial score (nSPS) is 10.5. The third kappa shape index (κ3) is 3.41. The van der Waals surface area contributed by atoms with Crippen molar-refractivity contribution in [2.24, 2.45) is 0 Å². The van der Waals surface area contributed by atoms with Crippen molar-refractivity contribution in [2.45, 2.75) is 13.3 Å². The fourth-order valence-corrected chi connectivity index (χ4v) is 1.87. The van der Waals surface area contributed by atoms with Gasteiger partial charge in [0.05, 0.1) is 11.0 Å². The van der Waals surface area contributed by atoms with E-state index in [1.807, 2.05) is 31.2 Å². The molecule has 4 N–H and O–H groups in total. The van der Waals surface area contributed by atoms with E-state index in [0.717, 1.165) is 36.4 Å². The Bertz CT molecular complexity index is 489. The van der Waals surface area contributed by atoms with Gasteiger partial charge in [-0.25, -0.2) is 10.4 Å². The zero-order valence-electron chi connectivity index (χ0n) is 10.3. The van der Waals surface area contributed by atoms with Crippen molar-refractivity contribution < 1.29 is 0 Å². The molecule has 0 amide bonds. The van der Waals surface area contributed by atoms with Crippen LogP contribution in [-0.4, -0.2) is 28.2 Å². The first-order chi connectivity index (χ1) is 8.79. The highest BCUT2D eigenvalue weighted by atomic mass is 32.1. The van der Waals surface area contributed by atoms with Gasteiger partial charge in [-0.2, -0.15) is 0 Å². The quantitative estimate of drug-likeness (QED) is 0.369. The highest BCUT2D eigenvalue weighted by molar-refractivity contribution is 7.80. The summed E-state index contributed by atoms with van der Waals surface area (Å²) in [5.74, 6) is 0.972. The number of para-hydroxylation sites is 2. The first-order valence-electron chi connectivity index (χ1n) is 6.00. The number of fused-ring (bicyclic) bond motifs is 1. The molecule has 96 valence electrons. The number of hydrazine groups is 1. The number of aromatic amines is 1. The Hall–Kier alpha value is -1.66. The topological polar surface area (TPSA) is 64.8 Å². The van der Waals surface area contributed by atoms with Crippen LogP contribution in [-0.2, 0) is 6.42 Å². The van der Waals surface area contributed by atoms with Crippen LogP contribution in [0.2, 0.25) is 0 Å². The van der Waals surface area contributed by atoms with Gasteiger partial charge in [0.1, 0.15) is 5.82 Å². The summed E-state index contributed by atoms with van der Waals surface area (Å²) in [4.78, 5) is 7.78. The number of nitrogens with zero attached hydrogens (tertiary/aromatic N) is 1. The Morgan fingerprint density at radius 1 is 1.39 bits per heavy atom. The molecule has 18 heavy (non-hydrogen) atoms. The van der Waals surface area contributed by atoms with Crippen molar-refractivity contribution in [3.63, 3.8) is 0 Å². The zero-order chi connectivity index (χ0) is 12.8. The van der Waals surface area contributed by atoms with Crippen LogP contribution in [0.25, 0.3) is 11.0 Å². The second kappa shape index (κ2) is 6.32. The molecule has 0 aliphatic carbocycles. The van der Waals surface area contributed by atoms with Gasteiger partial charge in [0, 0.05) is 19.5 Å². The monoisotopic (exact) mass is 263 g/mol. The summed E-state index contributed by atoms with van der Waals surface area (Å²) in [6, 6.07) is 8.01. The molecule has 0 spiro atoms. The van der Waals surface area contributed by atoms with E-state index in [4.69, 9.17) is 12.2 Å². The minimum Gasteiger partial charge on any atom is -0.362 e. The predicted molar refractivity (Wildman–Crippen MR) is 77.2 cm³/mol. The second-order valence-corrected chi connectivity index (χ2v) is 4.27. The number of thiocarbonyl (C=S) groups is 1. The van der Waals surface area contributed by atoms with Crippen molar-refractivity contribution in [1.29, 1.82) is 0 Å². The molecule has 1 aromatic carbocycles. The van der Waals surface area contributed by atoms with E-state index in [9.17, 15) is 0 Å². The van der Waals surface area contributed by atoms with Crippen LogP contribution in [0.1, 0.15) is 12.7 Å². The number of aromatic nitrogens is 2. The molecule has 1 aromatic heterocycles. The molecular weight excluding hydrogens is 246 g/mol. The molecule has 2 aromatic rings. The molecule has 0 saturated carbocycles. The molecule has 0 radical (unpaired) electrons. The molecule has 0 bridgehead atoms. The second-order valence-electron chi connectivity index (χ2n) is 3.86. The number of H-pyrrole nitrogens is 1. The van der Waals surface area contributed by atoms with Crippen LogP contribution in [0.5, 0.6) is 0 Å². The van der Waals surface area contributed by atoms with E-state index in [-0.39, 0.29) is 0 Å². The maximum absolute atomic E-state index is 5.03. The molecule has 0 aliphatic rings. The van der Waals surface area contributed by atoms with Gasteiger partial charge in [-0.1, -0.05) is 12.1 Å². The van der Waals surface area contributed by atoms with E-state index >= 15 is 0 Å². The van der Waals surface area contributed by atoms with Gasteiger partial charge in [-0.3, -0.25) is 5.43 Å². The molecule has 0 unspecified atom stereocenters. The molecule has 0 saturated heterocycles. The van der Waals surface area contributed by atoms with E-state index < -0.39 is 0 Å². The lowest BCUT2D eigenvalue weighted by atomic mass is 10.3. The summed E-state index contributed by atoms with van der Waals surface area (Å²) in [6.45, 7) is 3.57. The van der Waals surface area contributed by atoms with Crippen LogP contribution < -0.4 is 16.2 Å². The molecule has 0 aliphatic heterocycles. The van der Waals surface area contributed by atoms with E-state index in [2.05, 4.69) is 26.1 Å². The summed E-state index contributed by atoms with van der Waals surface area (Å²) in [6.07, 6.45) is 0.816. The standard InChI is InChI=1S/C12H17N5S/c1-2-13-12(18)17-14-8-7-11-15-9-5-3-4-6-10(9)16-11/h3-6,14H,2,7-8H2,1H3,(H,15,16)(H2,13,17,18). The van der Waals surface area contributed by atoms with Gasteiger partial charge in [-0.15, -0.1) is 0 Å². The van der Waals surface area contributed by atoms with Crippen molar-refractivity contribution >= 4 is 28.4 Å². The third-order valence-electron chi connectivity index (χ3n) is 2.46. The molecular formula is C12H17N5S. The number of benzene rings is 1. The minimum atomic E-state index is 0.613. The lowest BCUT2D eigenvalue weighted by Crippen LogP contribution is -2.44. The first kappa shape index (κ1) is 12.8. The van der Waals surface area contributed by atoms with E-state index in [1.54, 1.807) is 0 Å². The smallest absolute Gasteiger partial charge is 0.180 e. The fraction of sp³-hybridized carbons (Fsp3) is 0.333. The van der Waals surface area contributed by atoms with Crippen LogP contribution in [0, 0.1) is 0 Å². The summed E-state index contributed by atoms with van der Waals surface area (Å²) >= 11 is 5.03. The molecule has 6 heteroatoms. The predicted octanol–water partition coefficient (Wildman–Crippen LogP) is 1.09. The third-order valence-corrected chi connectivity index (χ3v) is 2.71. The SMILES string of the molecule is CCNC(=S)NNCCc1nc2ccccc2[nH]1. The Morgan fingerprint density at radius 2 is 2.22 bits per heavy atom. The van der Waals surface area contributed by atoms with Gasteiger partial charge in [0.25, 0.3) is 0 Å². The van der Waals surface area contributed by atoms with Crippen molar-refractivity contribution in [3.05, 3.63) is 30.1 Å². The number of rotatable bonds is 5. The van der Waals surface area contributed by atoms with Gasteiger partial charge in [-0.05, 0) is 31.3 Å². The van der Waals surface area contributed by atoms with Crippen LogP contribution in [0.15, 0.2) is 24.3 Å². The number of hydrogen-bond donors (Lipinski definition) is 4.